The fourth-order valence-electron chi connectivity index (χ4n) is 3.38. The molecule has 2 aliphatic rings. The van der Waals surface area contributed by atoms with E-state index in [2.05, 4.69) is 52.0 Å². The van der Waals surface area contributed by atoms with Crippen LogP contribution in [0.2, 0.25) is 0 Å². The van der Waals surface area contributed by atoms with Crippen LogP contribution in [0.4, 0.5) is 0 Å². The summed E-state index contributed by atoms with van der Waals surface area (Å²) in [6, 6.07) is 8.40. The Kier molecular flexibility index (Phi) is 3.45. The summed E-state index contributed by atoms with van der Waals surface area (Å²) in [5.74, 6) is 0.949. The summed E-state index contributed by atoms with van der Waals surface area (Å²) in [6.45, 7) is 8.52. The normalized spacial score (nSPS) is 53.0. The zero-order chi connectivity index (χ0) is 19.6. The molecule has 0 nitrogen and oxygen atoms in total. The summed E-state index contributed by atoms with van der Waals surface area (Å²) in [7, 11) is -1.80. The Bertz CT molecular complexity index is 814. The molecule has 0 amide bonds. The van der Waals surface area contributed by atoms with Crippen molar-refractivity contribution in [2.24, 2.45) is 23.7 Å². The zero-order valence-corrected chi connectivity index (χ0v) is 16.8. The highest BCUT2D eigenvalue weighted by molar-refractivity contribution is 7.78. The molecule has 2 aromatic rings. The molecule has 8 unspecified atom stereocenters. The van der Waals surface area contributed by atoms with Gasteiger partial charge in [0.25, 0.3) is 0 Å². The molecular formula is C20H28P2S. The molecule has 0 N–H and O–H groups in total. The molecule has 2 saturated heterocycles. The van der Waals surface area contributed by atoms with Crippen LogP contribution < -0.4 is 9.92 Å². The first-order chi connectivity index (χ1) is 12.8. The smallest absolute Gasteiger partial charge is 0.0367 e. The Morgan fingerprint density at radius 2 is 1.39 bits per heavy atom. The van der Waals surface area contributed by atoms with Gasteiger partial charge in [0.2, 0.25) is 0 Å². The number of fused-ring (bicyclic) bond motifs is 1. The number of thiophene rings is 1. The predicted molar refractivity (Wildman–Crippen MR) is 111 cm³/mol. The first kappa shape index (κ1) is 12.4. The van der Waals surface area contributed by atoms with Crippen molar-refractivity contribution in [2.75, 3.05) is 24.6 Å². The van der Waals surface area contributed by atoms with E-state index in [1.807, 2.05) is 0 Å². The van der Waals surface area contributed by atoms with Gasteiger partial charge in [-0.3, -0.25) is 0 Å². The van der Waals surface area contributed by atoms with Crippen molar-refractivity contribution in [3.8, 4) is 0 Å². The lowest BCUT2D eigenvalue weighted by Crippen LogP contribution is -2.19. The molecule has 8 atom stereocenters. The number of benzene rings is 1. The van der Waals surface area contributed by atoms with Gasteiger partial charge in [0, 0.05) is 25.5 Å². The highest BCUT2D eigenvalue weighted by Crippen LogP contribution is 2.55. The lowest BCUT2D eigenvalue weighted by Gasteiger charge is -2.17. The Balaban J connectivity index is 1.92. The van der Waals surface area contributed by atoms with E-state index in [-0.39, 0.29) is 48.2 Å². The second-order valence-electron chi connectivity index (χ2n) is 7.10. The molecule has 1 aromatic carbocycles. The number of hydrogen-bond acceptors (Lipinski definition) is 1. The van der Waals surface area contributed by atoms with Crippen LogP contribution in [-0.2, 0) is 0 Å². The van der Waals surface area contributed by atoms with Gasteiger partial charge in [0.15, 0.2) is 0 Å². The third-order valence-corrected chi connectivity index (χ3v) is 12.3. The largest absolute Gasteiger partial charge is 0.135 e. The van der Waals surface area contributed by atoms with Gasteiger partial charge >= 0.3 is 0 Å². The van der Waals surface area contributed by atoms with Crippen molar-refractivity contribution in [3.63, 3.8) is 0 Å². The van der Waals surface area contributed by atoms with Crippen molar-refractivity contribution in [2.45, 2.75) is 27.7 Å². The summed E-state index contributed by atoms with van der Waals surface area (Å²) in [5, 5.41) is 2.43. The monoisotopic (exact) mass is 370 g/mol. The van der Waals surface area contributed by atoms with E-state index in [0.717, 1.165) is 0 Å². The van der Waals surface area contributed by atoms with Gasteiger partial charge in [-0.05, 0) is 54.3 Å². The molecular weight excluding hydrogens is 334 g/mol. The topological polar surface area (TPSA) is 0 Å². The Morgan fingerprint density at radius 1 is 0.870 bits per heavy atom. The van der Waals surface area contributed by atoms with Crippen LogP contribution in [-0.4, -0.2) is 24.6 Å². The molecule has 2 aliphatic heterocycles. The SMILES string of the molecule is [3H]C1C(C)C(C)C([3H])P1c1sc2ccccc2c1P1C([3H])C(C)C(C)C1[3H]. The minimum Gasteiger partial charge on any atom is -0.135 e. The molecule has 124 valence electrons. The molecule has 3 heteroatoms. The first-order valence-corrected chi connectivity index (χ1v) is 12.3. The number of hydrogen-bond donors (Lipinski definition) is 0. The minimum absolute atomic E-state index is 0.204. The van der Waals surface area contributed by atoms with Crippen molar-refractivity contribution in [1.29, 1.82) is 0 Å². The van der Waals surface area contributed by atoms with Gasteiger partial charge in [-0.15, -0.1) is 11.3 Å². The Hall–Kier alpha value is 0.0400. The van der Waals surface area contributed by atoms with Crippen molar-refractivity contribution >= 4 is 47.2 Å². The fraction of sp³-hybridized carbons (Fsp3) is 0.600. The van der Waals surface area contributed by atoms with Gasteiger partial charge in [-0.1, -0.05) is 61.7 Å². The van der Waals surface area contributed by atoms with Crippen LogP contribution >= 0.6 is 27.2 Å². The van der Waals surface area contributed by atoms with E-state index in [4.69, 9.17) is 5.48 Å². The second kappa shape index (κ2) is 6.40. The molecule has 4 rings (SSSR count). The summed E-state index contributed by atoms with van der Waals surface area (Å²) in [6.07, 6.45) is -0.833. The Labute approximate surface area is 153 Å². The van der Waals surface area contributed by atoms with E-state index in [0.29, 0.717) is 0 Å². The highest BCUT2D eigenvalue weighted by Gasteiger charge is 2.36. The van der Waals surface area contributed by atoms with Gasteiger partial charge in [0.1, 0.15) is 0 Å². The van der Waals surface area contributed by atoms with Crippen LogP contribution in [0.1, 0.15) is 33.2 Å². The molecule has 0 bridgehead atoms. The van der Waals surface area contributed by atoms with E-state index >= 15 is 0 Å². The van der Waals surface area contributed by atoms with Crippen molar-refractivity contribution < 1.29 is 5.48 Å². The second-order valence-corrected chi connectivity index (χ2v) is 12.2. The van der Waals surface area contributed by atoms with E-state index < -0.39 is 15.8 Å². The third-order valence-electron chi connectivity index (χ3n) is 5.29. The fourth-order valence-corrected chi connectivity index (χ4v) is 11.5. The molecule has 0 spiro atoms. The summed E-state index contributed by atoms with van der Waals surface area (Å²) in [5.41, 5.74) is 0. The van der Waals surface area contributed by atoms with Crippen LogP contribution in [0, 0.1) is 23.7 Å². The quantitative estimate of drug-likeness (QED) is 0.596. The standard InChI is InChI=1S/C20H28P2S/c1-13-9-21(10-14(13)2)19-17-7-5-6-8-18(17)23-20(19)22-11-15(3)16(4)12-22/h5-8,13-16H,9-12H2,1-4H3/i9T,10T,11T,12T. The summed E-state index contributed by atoms with van der Waals surface area (Å²) in [4.78, 5) is 0. The third kappa shape index (κ3) is 2.92. The lowest BCUT2D eigenvalue weighted by atomic mass is 10.0. The van der Waals surface area contributed by atoms with Crippen LogP contribution in [0.25, 0.3) is 10.1 Å². The first-order valence-electron chi connectivity index (χ1n) is 10.8. The van der Waals surface area contributed by atoms with Crippen molar-refractivity contribution in [3.05, 3.63) is 24.3 Å². The van der Waals surface area contributed by atoms with E-state index in [1.165, 1.54) is 20.0 Å². The average molecular weight is 370 g/mol. The van der Waals surface area contributed by atoms with Gasteiger partial charge in [-0.25, -0.2) is 0 Å². The van der Waals surface area contributed by atoms with Crippen molar-refractivity contribution in [1.82, 2.24) is 0 Å². The molecule has 0 aliphatic carbocycles. The molecule has 23 heavy (non-hydrogen) atoms. The van der Waals surface area contributed by atoms with E-state index in [9.17, 15) is 0 Å². The van der Waals surface area contributed by atoms with Gasteiger partial charge in [0.05, 0.1) is 0 Å². The molecule has 1 aromatic heterocycles. The highest BCUT2D eigenvalue weighted by atomic mass is 32.1. The Morgan fingerprint density at radius 3 is 2.00 bits per heavy atom. The minimum atomic E-state index is -0.914. The van der Waals surface area contributed by atoms with Crippen LogP contribution in [0.15, 0.2) is 24.3 Å². The molecule has 3 heterocycles. The average Bonchev–Trinajstić information content (AvgIpc) is 3.18. The van der Waals surface area contributed by atoms with Gasteiger partial charge < -0.3 is 0 Å². The number of rotatable bonds is 2. The summed E-state index contributed by atoms with van der Waals surface area (Å²) < 4.78 is 37.9. The zero-order valence-electron chi connectivity index (χ0n) is 18.2. The van der Waals surface area contributed by atoms with Crippen LogP contribution in [0.3, 0.4) is 0 Å². The molecule has 0 saturated carbocycles. The molecule has 2 fully saturated rings. The summed E-state index contributed by atoms with van der Waals surface area (Å²) >= 11 is 1.76. The van der Waals surface area contributed by atoms with Gasteiger partial charge in [-0.2, -0.15) is 0 Å². The maximum absolute atomic E-state index is 8.88. The lowest BCUT2D eigenvalue weighted by molar-refractivity contribution is 0.494. The van der Waals surface area contributed by atoms with E-state index in [1.54, 1.807) is 11.3 Å². The maximum atomic E-state index is 8.88. The maximum Gasteiger partial charge on any atom is 0.0367 e. The predicted octanol–water partition coefficient (Wildman–Crippen LogP) is 5.69. The van der Waals surface area contributed by atoms with Crippen LogP contribution in [0.5, 0.6) is 0 Å². The molecule has 0 radical (unpaired) electrons.